The molecule has 1 rings (SSSR count). The van der Waals surface area contributed by atoms with Gasteiger partial charge in [0.05, 0.1) is 5.69 Å². The third-order valence-electron chi connectivity index (χ3n) is 2.27. The van der Waals surface area contributed by atoms with Gasteiger partial charge < -0.3 is 9.88 Å². The number of rotatable bonds is 6. The molecule has 15 heavy (non-hydrogen) atoms. The van der Waals surface area contributed by atoms with Crippen molar-refractivity contribution in [1.29, 1.82) is 0 Å². The predicted octanol–water partition coefficient (Wildman–Crippen LogP) is 2.94. The first kappa shape index (κ1) is 12.4. The Balaban J connectivity index is 2.75. The van der Waals surface area contributed by atoms with Crippen LogP contribution in [0.1, 0.15) is 32.0 Å². The van der Waals surface area contributed by atoms with Crippen molar-refractivity contribution in [1.82, 2.24) is 9.55 Å². The van der Waals surface area contributed by atoms with E-state index in [1.54, 1.807) is 0 Å². The van der Waals surface area contributed by atoms with Gasteiger partial charge in [-0.05, 0) is 26.5 Å². The predicted molar refractivity (Wildman–Crippen MR) is 68.8 cm³/mol. The van der Waals surface area contributed by atoms with Gasteiger partial charge in [-0.25, -0.2) is 4.98 Å². The third kappa shape index (κ3) is 3.45. The van der Waals surface area contributed by atoms with E-state index >= 15 is 0 Å². The highest BCUT2D eigenvalue weighted by Gasteiger charge is 2.10. The van der Waals surface area contributed by atoms with Crippen LogP contribution < -0.4 is 5.32 Å². The zero-order valence-corrected chi connectivity index (χ0v) is 10.9. The Morgan fingerprint density at radius 1 is 1.60 bits per heavy atom. The largest absolute Gasteiger partial charge is 0.356 e. The number of nitrogens with zero attached hydrogens (tertiary/aromatic N) is 2. The van der Waals surface area contributed by atoms with Crippen molar-refractivity contribution in [2.24, 2.45) is 0 Å². The van der Waals surface area contributed by atoms with Crippen molar-refractivity contribution < 1.29 is 0 Å². The van der Waals surface area contributed by atoms with E-state index in [0.29, 0.717) is 6.04 Å². The Hall–Kier alpha value is -0.640. The van der Waals surface area contributed by atoms with Crippen LogP contribution in [0.5, 0.6) is 0 Å². The van der Waals surface area contributed by atoms with Crippen LogP contribution in [0.2, 0.25) is 0 Å². The Bertz CT molecular complexity index is 296. The first-order valence-corrected chi connectivity index (χ1v) is 6.86. The lowest BCUT2D eigenvalue weighted by atomic mass is 10.4. The third-order valence-corrected chi connectivity index (χ3v) is 3.08. The van der Waals surface area contributed by atoms with Gasteiger partial charge in [0.2, 0.25) is 5.95 Å². The van der Waals surface area contributed by atoms with E-state index < -0.39 is 0 Å². The van der Waals surface area contributed by atoms with Gasteiger partial charge in [0.25, 0.3) is 0 Å². The monoisotopic (exact) mass is 227 g/mol. The molecule has 0 aliphatic carbocycles. The van der Waals surface area contributed by atoms with Gasteiger partial charge in [0.1, 0.15) is 0 Å². The molecule has 1 N–H and O–H groups in total. The van der Waals surface area contributed by atoms with Crippen LogP contribution in [0.25, 0.3) is 0 Å². The Morgan fingerprint density at radius 3 is 2.93 bits per heavy atom. The summed E-state index contributed by atoms with van der Waals surface area (Å²) in [5.41, 5.74) is 1.08. The zero-order valence-electron chi connectivity index (χ0n) is 10.1. The molecule has 0 bridgehead atoms. The highest BCUT2D eigenvalue weighted by atomic mass is 32.2. The molecule has 1 heterocycles. The van der Waals surface area contributed by atoms with E-state index in [2.05, 4.69) is 41.2 Å². The quantitative estimate of drug-likeness (QED) is 0.810. The van der Waals surface area contributed by atoms with Crippen molar-refractivity contribution in [3.8, 4) is 0 Å². The summed E-state index contributed by atoms with van der Waals surface area (Å²) in [5.74, 6) is 2.13. The molecule has 0 fully saturated rings. The molecular weight excluding hydrogens is 206 g/mol. The summed E-state index contributed by atoms with van der Waals surface area (Å²) >= 11 is 1.87. The van der Waals surface area contributed by atoms with Crippen LogP contribution in [0.4, 0.5) is 5.95 Å². The number of aryl methyl sites for hydroxylation is 1. The lowest BCUT2D eigenvalue weighted by Crippen LogP contribution is -2.12. The number of nitrogens with one attached hydrogen (secondary N) is 1. The fourth-order valence-electron chi connectivity index (χ4n) is 1.54. The summed E-state index contributed by atoms with van der Waals surface area (Å²) in [6.45, 7) is 7.43. The minimum atomic E-state index is 0.501. The molecule has 0 aromatic carbocycles. The summed E-state index contributed by atoms with van der Waals surface area (Å²) < 4.78 is 2.24. The molecule has 1 unspecified atom stereocenters. The van der Waals surface area contributed by atoms with Gasteiger partial charge in [-0.2, -0.15) is 11.8 Å². The smallest absolute Gasteiger partial charge is 0.203 e. The molecule has 0 amide bonds. The summed E-state index contributed by atoms with van der Waals surface area (Å²) in [4.78, 5) is 4.49. The van der Waals surface area contributed by atoms with E-state index in [-0.39, 0.29) is 0 Å². The molecule has 1 atom stereocenters. The van der Waals surface area contributed by atoms with Gasteiger partial charge in [-0.1, -0.05) is 6.92 Å². The normalized spacial score (nSPS) is 12.8. The standard InChI is InChI=1S/C11H21N3S/c1-5-6-12-11-13-9(2)7-14(11)10(3)8-15-4/h7,10H,5-6,8H2,1-4H3,(H,12,13). The lowest BCUT2D eigenvalue weighted by molar-refractivity contribution is 0.613. The maximum absolute atomic E-state index is 4.49. The minimum Gasteiger partial charge on any atom is -0.356 e. The minimum absolute atomic E-state index is 0.501. The molecule has 86 valence electrons. The van der Waals surface area contributed by atoms with Gasteiger partial charge in [-0.3, -0.25) is 0 Å². The van der Waals surface area contributed by atoms with E-state index in [1.807, 2.05) is 18.7 Å². The first-order valence-electron chi connectivity index (χ1n) is 5.47. The molecular formula is C11H21N3S. The fourth-order valence-corrected chi connectivity index (χ4v) is 2.18. The Morgan fingerprint density at radius 2 is 2.33 bits per heavy atom. The Kier molecular flexibility index (Phi) is 5.02. The molecule has 1 aromatic rings. The molecule has 0 spiro atoms. The molecule has 0 aliphatic rings. The molecule has 0 radical (unpaired) electrons. The molecule has 0 aliphatic heterocycles. The van der Waals surface area contributed by atoms with E-state index in [9.17, 15) is 0 Å². The van der Waals surface area contributed by atoms with Gasteiger partial charge in [0.15, 0.2) is 0 Å². The van der Waals surface area contributed by atoms with Crippen LogP contribution in [0.3, 0.4) is 0 Å². The summed E-state index contributed by atoms with van der Waals surface area (Å²) in [6.07, 6.45) is 5.39. The van der Waals surface area contributed by atoms with Crippen molar-refractivity contribution >= 4 is 17.7 Å². The van der Waals surface area contributed by atoms with Gasteiger partial charge >= 0.3 is 0 Å². The summed E-state index contributed by atoms with van der Waals surface area (Å²) in [5, 5.41) is 3.37. The summed E-state index contributed by atoms with van der Waals surface area (Å²) in [6, 6.07) is 0.501. The van der Waals surface area contributed by atoms with Crippen molar-refractivity contribution in [2.75, 3.05) is 23.9 Å². The van der Waals surface area contributed by atoms with Crippen molar-refractivity contribution in [2.45, 2.75) is 33.2 Å². The molecule has 1 aromatic heterocycles. The Labute approximate surface area is 96.7 Å². The van der Waals surface area contributed by atoms with Crippen LogP contribution in [-0.2, 0) is 0 Å². The number of imidazole rings is 1. The topological polar surface area (TPSA) is 29.9 Å². The van der Waals surface area contributed by atoms with E-state index in [4.69, 9.17) is 0 Å². The van der Waals surface area contributed by atoms with E-state index in [1.165, 1.54) is 0 Å². The average molecular weight is 227 g/mol. The number of aromatic nitrogens is 2. The highest BCUT2D eigenvalue weighted by molar-refractivity contribution is 7.98. The second-order valence-corrected chi connectivity index (χ2v) is 4.75. The number of anilines is 1. The number of thioether (sulfide) groups is 1. The van der Waals surface area contributed by atoms with Crippen LogP contribution in [0.15, 0.2) is 6.20 Å². The maximum Gasteiger partial charge on any atom is 0.203 e. The first-order chi connectivity index (χ1) is 7.19. The highest BCUT2D eigenvalue weighted by Crippen LogP contribution is 2.18. The van der Waals surface area contributed by atoms with Crippen LogP contribution in [-0.4, -0.2) is 28.1 Å². The van der Waals surface area contributed by atoms with Gasteiger partial charge in [-0.15, -0.1) is 0 Å². The number of hydrogen-bond acceptors (Lipinski definition) is 3. The van der Waals surface area contributed by atoms with Crippen molar-refractivity contribution in [3.05, 3.63) is 11.9 Å². The molecule has 4 heteroatoms. The second-order valence-electron chi connectivity index (χ2n) is 3.84. The van der Waals surface area contributed by atoms with Crippen LogP contribution >= 0.6 is 11.8 Å². The summed E-state index contributed by atoms with van der Waals surface area (Å²) in [7, 11) is 0. The second kappa shape index (κ2) is 6.05. The molecule has 0 saturated carbocycles. The lowest BCUT2D eigenvalue weighted by Gasteiger charge is -2.15. The number of hydrogen-bond donors (Lipinski definition) is 1. The van der Waals surface area contributed by atoms with Crippen LogP contribution in [0, 0.1) is 6.92 Å². The molecule has 3 nitrogen and oxygen atoms in total. The average Bonchev–Trinajstić information content (AvgIpc) is 2.57. The van der Waals surface area contributed by atoms with Crippen molar-refractivity contribution in [3.63, 3.8) is 0 Å². The van der Waals surface area contributed by atoms with E-state index in [0.717, 1.165) is 30.4 Å². The fraction of sp³-hybridized carbons (Fsp3) is 0.727. The maximum atomic E-state index is 4.49. The SMILES string of the molecule is CCCNc1nc(C)cn1C(C)CSC. The molecule has 0 saturated heterocycles. The zero-order chi connectivity index (χ0) is 11.3. The van der Waals surface area contributed by atoms with Gasteiger partial charge in [0, 0.05) is 24.5 Å².